The molecule has 6 rings (SSSR count). The molecule has 3 heterocycles. The van der Waals surface area contributed by atoms with Crippen molar-refractivity contribution in [2.24, 2.45) is 11.8 Å². The van der Waals surface area contributed by atoms with Crippen molar-refractivity contribution >= 4 is 5.91 Å². The molecule has 4 atom stereocenters. The normalized spacial score (nSPS) is 31.9. The number of quaternary nitrogens is 2. The van der Waals surface area contributed by atoms with Crippen molar-refractivity contribution < 1.29 is 24.2 Å². The molecule has 1 saturated carbocycles. The van der Waals surface area contributed by atoms with Crippen LogP contribution in [-0.4, -0.2) is 49.0 Å². The lowest BCUT2D eigenvalue weighted by Crippen LogP contribution is -2.91. The number of halogens is 2. The van der Waals surface area contributed by atoms with E-state index in [1.54, 1.807) is 0 Å². The highest BCUT2D eigenvalue weighted by Crippen LogP contribution is 2.45. The molecule has 1 spiro atoms. The fourth-order valence-corrected chi connectivity index (χ4v) is 8.10. The molecule has 0 radical (unpaired) electrons. The maximum atomic E-state index is 14.5. The number of hydrogen-bond acceptors (Lipinski definition) is 1. The van der Waals surface area contributed by atoms with Crippen LogP contribution in [0.5, 0.6) is 0 Å². The highest BCUT2D eigenvalue weighted by molar-refractivity contribution is 5.82. The lowest BCUT2D eigenvalue weighted by molar-refractivity contribution is -0.691. The fraction of sp³-hybridized carbons (Fsp3) is 0.581. The Kier molecular flexibility index (Phi) is 6.60. The molecular weight excluding hydrogens is 468 g/mol. The molecule has 3 aliphatic heterocycles. The number of piperidine rings is 1. The molecule has 0 bridgehead atoms. The van der Waals surface area contributed by atoms with Crippen molar-refractivity contribution in [3.05, 3.63) is 70.8 Å². The lowest BCUT2D eigenvalue weighted by atomic mass is 9.67. The Hall–Kier alpha value is -2.31. The van der Waals surface area contributed by atoms with E-state index >= 15 is 0 Å². The third kappa shape index (κ3) is 4.61. The van der Waals surface area contributed by atoms with Crippen LogP contribution in [0.4, 0.5) is 8.78 Å². The number of nitrogens with two attached hydrogens (primary N) is 2. The fourth-order valence-electron chi connectivity index (χ4n) is 8.10. The molecule has 2 saturated heterocycles. The summed E-state index contributed by atoms with van der Waals surface area (Å²) < 4.78 is 28.2. The molecule has 1 amide bonds. The van der Waals surface area contributed by atoms with Crippen molar-refractivity contribution in [3.63, 3.8) is 0 Å². The van der Waals surface area contributed by atoms with Crippen molar-refractivity contribution in [1.82, 2.24) is 4.90 Å². The largest absolute Gasteiger partial charge is 0.345 e. The Morgan fingerprint density at radius 1 is 1.00 bits per heavy atom. The van der Waals surface area contributed by atoms with E-state index in [9.17, 15) is 13.6 Å². The smallest absolute Gasteiger partial charge is 0.248 e. The van der Waals surface area contributed by atoms with E-state index in [1.165, 1.54) is 22.3 Å². The van der Waals surface area contributed by atoms with Gasteiger partial charge in [-0.05, 0) is 55.6 Å². The van der Waals surface area contributed by atoms with Crippen LogP contribution in [0.25, 0.3) is 0 Å². The van der Waals surface area contributed by atoms with E-state index in [0.29, 0.717) is 18.8 Å². The van der Waals surface area contributed by atoms with Gasteiger partial charge in [-0.3, -0.25) is 4.79 Å². The van der Waals surface area contributed by atoms with E-state index in [1.807, 2.05) is 6.07 Å². The topological polar surface area (TPSA) is 53.5 Å². The summed E-state index contributed by atoms with van der Waals surface area (Å²) >= 11 is 0. The monoisotopic (exact) mass is 509 g/mol. The average Bonchev–Trinajstić information content (AvgIpc) is 3.32. The Morgan fingerprint density at radius 2 is 1.76 bits per heavy atom. The Labute approximate surface area is 219 Å². The molecule has 1 aliphatic carbocycles. The number of aryl methyl sites for hydroxylation is 1. The molecule has 2 aromatic carbocycles. The predicted octanol–water partition coefficient (Wildman–Crippen LogP) is 3.10. The summed E-state index contributed by atoms with van der Waals surface area (Å²) in [6, 6.07) is 17.4. The lowest BCUT2D eigenvalue weighted by Gasteiger charge is -2.47. The molecular formula is C31H41F2N3O+2. The van der Waals surface area contributed by atoms with E-state index in [4.69, 9.17) is 0 Å². The quantitative estimate of drug-likeness (QED) is 0.657. The minimum Gasteiger partial charge on any atom is -0.345 e. The zero-order valence-corrected chi connectivity index (χ0v) is 22.0. The van der Waals surface area contributed by atoms with Gasteiger partial charge in [0.25, 0.3) is 0 Å². The Morgan fingerprint density at radius 3 is 2.54 bits per heavy atom. The Bertz CT molecular complexity index is 1130. The SMILES string of the molecule is Cc1ccc2c(c1)C[NH2+]C[C@]21C[NH2+]C[C@H]1C(=O)N1CC[C@@H](c2ccccc2)C[C@H]1C1CCC(F)(F)CC1. The van der Waals surface area contributed by atoms with Gasteiger partial charge in [0.2, 0.25) is 11.8 Å². The third-order valence-corrected chi connectivity index (χ3v) is 10.1. The standard InChI is InChI=1S/C31H39F2N3O/c1-21-7-8-26-25(15-21)17-34-19-30(26)20-35-18-27(30)29(37)36-14-11-24(22-5-3-2-4-6-22)16-28(36)23-9-12-31(32,33)13-10-23/h2-8,15,23-24,27-28,34-35H,9-14,16-20H2,1H3/p+2/t24-,27+,28+,30+/m1/s1. The van der Waals surface area contributed by atoms with Crippen LogP contribution in [0, 0.1) is 18.8 Å². The van der Waals surface area contributed by atoms with Gasteiger partial charge < -0.3 is 15.5 Å². The van der Waals surface area contributed by atoms with Gasteiger partial charge in [0.1, 0.15) is 17.9 Å². The molecule has 2 aromatic rings. The van der Waals surface area contributed by atoms with Crippen molar-refractivity contribution in [1.29, 1.82) is 0 Å². The summed E-state index contributed by atoms with van der Waals surface area (Å²) in [4.78, 5) is 16.7. The first kappa shape index (κ1) is 25.0. The molecule has 4 N–H and O–H groups in total. The number of hydrogen-bond donors (Lipinski definition) is 2. The summed E-state index contributed by atoms with van der Waals surface area (Å²) in [6.45, 7) is 6.54. The van der Waals surface area contributed by atoms with Gasteiger partial charge in [-0.2, -0.15) is 0 Å². The van der Waals surface area contributed by atoms with Gasteiger partial charge in [-0.25, -0.2) is 8.78 Å². The molecule has 0 unspecified atom stereocenters. The molecule has 6 heteroatoms. The first-order valence-corrected chi connectivity index (χ1v) is 14.3. The van der Waals surface area contributed by atoms with Gasteiger partial charge in [0.15, 0.2) is 0 Å². The van der Waals surface area contributed by atoms with Crippen LogP contribution in [0.3, 0.4) is 0 Å². The van der Waals surface area contributed by atoms with Gasteiger partial charge in [0, 0.05) is 31.0 Å². The van der Waals surface area contributed by atoms with Crippen LogP contribution >= 0.6 is 0 Å². The van der Waals surface area contributed by atoms with E-state index in [-0.39, 0.29) is 42.0 Å². The van der Waals surface area contributed by atoms with E-state index in [2.05, 4.69) is 64.9 Å². The number of carbonyl (C=O) groups is 1. The van der Waals surface area contributed by atoms with Gasteiger partial charge in [-0.1, -0.05) is 54.1 Å². The average molecular weight is 510 g/mol. The number of likely N-dealkylation sites (tertiary alicyclic amines) is 1. The summed E-state index contributed by atoms with van der Waals surface area (Å²) in [5.74, 6) is -1.81. The minimum absolute atomic E-state index is 0.0465. The molecule has 198 valence electrons. The molecule has 3 fully saturated rings. The third-order valence-electron chi connectivity index (χ3n) is 10.1. The second-order valence-electron chi connectivity index (χ2n) is 12.2. The summed E-state index contributed by atoms with van der Waals surface area (Å²) in [5, 5.41) is 4.71. The maximum absolute atomic E-state index is 14.5. The van der Waals surface area contributed by atoms with Gasteiger partial charge in [0.05, 0.1) is 19.6 Å². The number of rotatable bonds is 3. The molecule has 0 aromatic heterocycles. The van der Waals surface area contributed by atoms with E-state index < -0.39 is 5.92 Å². The van der Waals surface area contributed by atoms with Crippen LogP contribution in [-0.2, 0) is 16.8 Å². The van der Waals surface area contributed by atoms with Crippen LogP contribution < -0.4 is 10.6 Å². The molecule has 4 nitrogen and oxygen atoms in total. The number of nitrogens with zero attached hydrogens (tertiary/aromatic N) is 1. The maximum Gasteiger partial charge on any atom is 0.248 e. The number of carbonyl (C=O) groups excluding carboxylic acids is 1. The first-order chi connectivity index (χ1) is 17.9. The summed E-state index contributed by atoms with van der Waals surface area (Å²) in [7, 11) is 0. The Balaban J connectivity index is 1.30. The minimum atomic E-state index is -2.55. The molecule has 4 aliphatic rings. The zero-order valence-electron chi connectivity index (χ0n) is 22.0. The number of alkyl halides is 2. The van der Waals surface area contributed by atoms with Gasteiger partial charge in [-0.15, -0.1) is 0 Å². The van der Waals surface area contributed by atoms with Crippen molar-refractivity contribution in [2.75, 3.05) is 26.2 Å². The van der Waals surface area contributed by atoms with Crippen molar-refractivity contribution in [3.8, 4) is 0 Å². The second kappa shape index (κ2) is 9.77. The number of amides is 1. The summed E-state index contributed by atoms with van der Waals surface area (Å²) in [5.41, 5.74) is 5.16. The van der Waals surface area contributed by atoms with Crippen LogP contribution in [0.2, 0.25) is 0 Å². The first-order valence-electron chi connectivity index (χ1n) is 14.3. The zero-order chi connectivity index (χ0) is 25.6. The highest BCUT2D eigenvalue weighted by Gasteiger charge is 2.57. The van der Waals surface area contributed by atoms with Crippen LogP contribution in [0.15, 0.2) is 48.5 Å². The van der Waals surface area contributed by atoms with Gasteiger partial charge >= 0.3 is 0 Å². The highest BCUT2D eigenvalue weighted by atomic mass is 19.3. The second-order valence-corrected chi connectivity index (χ2v) is 12.2. The van der Waals surface area contributed by atoms with Crippen LogP contribution in [0.1, 0.15) is 66.7 Å². The predicted molar refractivity (Wildman–Crippen MR) is 139 cm³/mol. The molecule has 37 heavy (non-hydrogen) atoms. The summed E-state index contributed by atoms with van der Waals surface area (Å²) in [6.07, 6.45) is 2.77. The number of benzene rings is 2. The van der Waals surface area contributed by atoms with Crippen molar-refractivity contribution in [2.45, 2.75) is 75.3 Å². The van der Waals surface area contributed by atoms with E-state index in [0.717, 1.165) is 45.6 Å². The number of fused-ring (bicyclic) bond motifs is 2.